The Bertz CT molecular complexity index is 1040. The second kappa shape index (κ2) is 31.7. The second-order valence-corrected chi connectivity index (χ2v) is 13.1. The largest absolute Gasteiger partial charge is 0.469 e. The van der Waals surface area contributed by atoms with Gasteiger partial charge in [0.1, 0.15) is 6.61 Å². The van der Waals surface area contributed by atoms with Gasteiger partial charge >= 0.3 is 19.8 Å². The Morgan fingerprint density at radius 2 is 1.35 bits per heavy atom. The fourth-order valence-electron chi connectivity index (χ4n) is 4.34. The van der Waals surface area contributed by atoms with Gasteiger partial charge in [-0.2, -0.15) is 0 Å². The van der Waals surface area contributed by atoms with Crippen molar-refractivity contribution in [2.75, 3.05) is 13.2 Å². The zero-order chi connectivity index (χ0) is 35.7. The van der Waals surface area contributed by atoms with Crippen LogP contribution < -0.4 is 0 Å². The van der Waals surface area contributed by atoms with E-state index in [-0.39, 0.29) is 19.4 Å². The molecule has 0 saturated heterocycles. The van der Waals surface area contributed by atoms with E-state index in [0.29, 0.717) is 19.3 Å². The maximum absolute atomic E-state index is 12.3. The molecule has 10 heteroatoms. The number of carbonyl (C=O) groups excluding carboxylic acids is 2. The minimum Gasteiger partial charge on any atom is -0.462 e. The van der Waals surface area contributed by atoms with E-state index in [9.17, 15) is 19.3 Å². The van der Waals surface area contributed by atoms with Crippen molar-refractivity contribution in [1.29, 1.82) is 0 Å². The SMILES string of the molecule is CC/C=C\C/C=C\C/C=C\C/C=C\C=C/C(O)C/C=C\CCC(=O)O[C@H](COC(=O)CCCCCCCCC(C)CC)COP(=O)(O)O. The molecule has 0 rings (SSSR count). The van der Waals surface area contributed by atoms with E-state index in [4.69, 9.17) is 19.3 Å². The molecule has 0 saturated carbocycles. The van der Waals surface area contributed by atoms with E-state index in [2.05, 4.69) is 61.8 Å². The maximum Gasteiger partial charge on any atom is 0.469 e. The first-order valence-electron chi connectivity index (χ1n) is 17.7. The minimum atomic E-state index is -4.80. The molecule has 0 amide bonds. The van der Waals surface area contributed by atoms with Crippen LogP contribution in [-0.2, 0) is 28.2 Å². The number of unbranched alkanes of at least 4 members (excludes halogenated alkanes) is 5. The maximum atomic E-state index is 12.3. The molecule has 48 heavy (non-hydrogen) atoms. The predicted octanol–water partition coefficient (Wildman–Crippen LogP) is 9.17. The summed E-state index contributed by atoms with van der Waals surface area (Å²) >= 11 is 0. The van der Waals surface area contributed by atoms with Crippen molar-refractivity contribution >= 4 is 19.8 Å². The van der Waals surface area contributed by atoms with Gasteiger partial charge in [-0.15, -0.1) is 0 Å². The van der Waals surface area contributed by atoms with E-state index in [1.165, 1.54) is 25.7 Å². The molecular formula is C38H63O9P. The highest BCUT2D eigenvalue weighted by atomic mass is 31.2. The number of carbonyl (C=O) groups is 2. The van der Waals surface area contributed by atoms with Gasteiger partial charge in [0, 0.05) is 12.8 Å². The third kappa shape index (κ3) is 33.4. The molecule has 0 aromatic carbocycles. The lowest BCUT2D eigenvalue weighted by Crippen LogP contribution is -2.29. The van der Waals surface area contributed by atoms with Gasteiger partial charge in [-0.1, -0.05) is 139 Å². The highest BCUT2D eigenvalue weighted by Gasteiger charge is 2.22. The lowest BCUT2D eigenvalue weighted by atomic mass is 10.00. The standard InChI is InChI=1S/C38H63O9P/c1-4-6-7-8-9-10-11-12-13-14-15-19-23-28-35(39)29-24-21-26-31-38(41)47-36(33-46-48(42,43)44)32-45-37(40)30-25-20-17-16-18-22-27-34(3)5-2/h6-7,9-10,12-13,15,19,21,23-24,28,34-36,39H,4-5,8,11,14,16-18,20,22,25-27,29-33H2,1-3H3,(H2,42,43,44)/b7-6-,10-9-,13-12-,19-15-,24-21-,28-23-/t34?,35?,36-/m1/s1. The lowest BCUT2D eigenvalue weighted by Gasteiger charge is -2.18. The first-order chi connectivity index (χ1) is 23.1. The Hall–Kier alpha value is -2.55. The molecule has 0 radical (unpaired) electrons. The number of aliphatic hydroxyl groups excluding tert-OH is 1. The van der Waals surface area contributed by atoms with Crippen LogP contribution in [0.5, 0.6) is 0 Å². The second-order valence-electron chi connectivity index (χ2n) is 11.9. The number of allylic oxidation sites excluding steroid dienone is 10. The fourth-order valence-corrected chi connectivity index (χ4v) is 4.70. The minimum absolute atomic E-state index is 0.00208. The van der Waals surface area contributed by atoms with Gasteiger partial charge in [0.25, 0.3) is 0 Å². The summed E-state index contributed by atoms with van der Waals surface area (Å²) in [5.41, 5.74) is 0. The van der Waals surface area contributed by atoms with Crippen LogP contribution in [0, 0.1) is 5.92 Å². The molecule has 0 aromatic heterocycles. The number of rotatable bonds is 30. The van der Waals surface area contributed by atoms with Gasteiger partial charge < -0.3 is 24.4 Å². The van der Waals surface area contributed by atoms with Crippen molar-refractivity contribution in [3.8, 4) is 0 Å². The number of phosphoric acid groups is 1. The van der Waals surface area contributed by atoms with Crippen molar-refractivity contribution in [3.05, 3.63) is 72.9 Å². The molecule has 9 nitrogen and oxygen atoms in total. The Morgan fingerprint density at radius 3 is 2.00 bits per heavy atom. The van der Waals surface area contributed by atoms with Crippen LogP contribution in [-0.4, -0.2) is 52.3 Å². The molecule has 0 bridgehead atoms. The van der Waals surface area contributed by atoms with Crippen LogP contribution in [0.15, 0.2) is 72.9 Å². The average molecular weight is 695 g/mol. The highest BCUT2D eigenvalue weighted by molar-refractivity contribution is 7.46. The highest BCUT2D eigenvalue weighted by Crippen LogP contribution is 2.35. The van der Waals surface area contributed by atoms with E-state index >= 15 is 0 Å². The van der Waals surface area contributed by atoms with Gasteiger partial charge in [0.2, 0.25) is 0 Å². The Balaban J connectivity index is 4.29. The van der Waals surface area contributed by atoms with Gasteiger partial charge in [0.05, 0.1) is 12.7 Å². The topological polar surface area (TPSA) is 140 Å². The number of phosphoric ester groups is 1. The summed E-state index contributed by atoms with van der Waals surface area (Å²) in [4.78, 5) is 42.5. The molecule has 0 fully saturated rings. The van der Waals surface area contributed by atoms with E-state index < -0.39 is 38.6 Å². The molecule has 0 spiro atoms. The number of ether oxygens (including phenoxy) is 2. The lowest BCUT2D eigenvalue weighted by molar-refractivity contribution is -0.161. The number of esters is 2. The molecule has 3 N–H and O–H groups in total. The van der Waals surface area contributed by atoms with Gasteiger partial charge in [-0.25, -0.2) is 4.57 Å². The van der Waals surface area contributed by atoms with Crippen LogP contribution in [0.4, 0.5) is 0 Å². The number of hydrogen-bond acceptors (Lipinski definition) is 7. The predicted molar refractivity (Wildman–Crippen MR) is 194 cm³/mol. The first kappa shape index (κ1) is 45.5. The average Bonchev–Trinajstić information content (AvgIpc) is 3.04. The summed E-state index contributed by atoms with van der Waals surface area (Å²) in [5.74, 6) is -0.308. The first-order valence-corrected chi connectivity index (χ1v) is 19.3. The zero-order valence-electron chi connectivity index (χ0n) is 29.6. The Morgan fingerprint density at radius 1 is 0.729 bits per heavy atom. The summed E-state index contributed by atoms with van der Waals surface area (Å²) in [6.45, 7) is 5.65. The van der Waals surface area contributed by atoms with Crippen molar-refractivity contribution in [2.24, 2.45) is 5.92 Å². The van der Waals surface area contributed by atoms with Gasteiger partial charge in [0.15, 0.2) is 6.10 Å². The third-order valence-electron chi connectivity index (χ3n) is 7.37. The van der Waals surface area contributed by atoms with Gasteiger partial charge in [-0.05, 0) is 50.9 Å². The monoisotopic (exact) mass is 694 g/mol. The van der Waals surface area contributed by atoms with Crippen LogP contribution in [0.1, 0.15) is 124 Å². The Kier molecular flexibility index (Phi) is 30.0. The summed E-state index contributed by atoms with van der Waals surface area (Å²) < 4.78 is 26.1. The molecule has 0 aliphatic heterocycles. The normalized spacial score (nSPS) is 14.7. The number of aliphatic hydroxyl groups is 1. The van der Waals surface area contributed by atoms with E-state index in [1.807, 2.05) is 12.2 Å². The number of hydrogen-bond donors (Lipinski definition) is 3. The van der Waals surface area contributed by atoms with Crippen molar-refractivity contribution < 1.29 is 43.0 Å². The summed E-state index contributed by atoms with van der Waals surface area (Å²) in [6.07, 6.45) is 35.3. The summed E-state index contributed by atoms with van der Waals surface area (Å²) in [7, 11) is -4.80. The third-order valence-corrected chi connectivity index (χ3v) is 7.86. The fraction of sp³-hybridized carbons (Fsp3) is 0.632. The van der Waals surface area contributed by atoms with Crippen LogP contribution in [0.25, 0.3) is 0 Å². The molecule has 0 heterocycles. The zero-order valence-corrected chi connectivity index (χ0v) is 30.5. The molecule has 3 atom stereocenters. The molecule has 274 valence electrons. The quantitative estimate of drug-likeness (QED) is 0.0221. The van der Waals surface area contributed by atoms with Gasteiger partial charge in [-0.3, -0.25) is 14.1 Å². The molecule has 0 aliphatic rings. The van der Waals surface area contributed by atoms with Crippen molar-refractivity contribution in [1.82, 2.24) is 0 Å². The smallest absolute Gasteiger partial charge is 0.462 e. The molecular weight excluding hydrogens is 631 g/mol. The molecule has 2 unspecified atom stereocenters. The Labute approximate surface area is 290 Å². The van der Waals surface area contributed by atoms with Crippen LogP contribution in [0.3, 0.4) is 0 Å². The molecule has 0 aliphatic carbocycles. The summed E-state index contributed by atoms with van der Waals surface area (Å²) in [6, 6.07) is 0. The molecule has 0 aromatic rings. The van der Waals surface area contributed by atoms with E-state index in [0.717, 1.165) is 50.9 Å². The van der Waals surface area contributed by atoms with Crippen molar-refractivity contribution in [3.63, 3.8) is 0 Å². The van der Waals surface area contributed by atoms with Crippen LogP contribution in [0.2, 0.25) is 0 Å². The van der Waals surface area contributed by atoms with E-state index in [1.54, 1.807) is 24.3 Å². The van der Waals surface area contributed by atoms with Crippen LogP contribution >= 0.6 is 7.82 Å². The van der Waals surface area contributed by atoms with Crippen molar-refractivity contribution in [2.45, 2.75) is 136 Å². The summed E-state index contributed by atoms with van der Waals surface area (Å²) in [5, 5.41) is 10.1.